The van der Waals surface area contributed by atoms with Crippen molar-refractivity contribution in [2.45, 2.75) is 6.92 Å². The van der Waals surface area contributed by atoms with Crippen LogP contribution in [0.4, 0.5) is 0 Å². The molecule has 0 aliphatic heterocycles. The molecular formula is C20H16ClN3O2. The fraction of sp³-hybridized carbons (Fsp3) is 0.150. The Balaban J connectivity index is 1.84. The number of pyridine rings is 2. The molecule has 26 heavy (non-hydrogen) atoms. The van der Waals surface area contributed by atoms with Crippen molar-refractivity contribution in [3.63, 3.8) is 0 Å². The number of aryl methyl sites for hydroxylation is 1. The standard InChI is InChI=1S/C20H16ClN3O2/c1-3-26-20(25)19-9-13-8-12(4-5-18(13)24(19)2)17-10-15(21)14-11-22-7-6-16(14)23-17/h4-11H,3H2,1-2H3. The maximum absolute atomic E-state index is 12.1. The molecule has 5 nitrogen and oxygen atoms in total. The molecule has 0 aliphatic carbocycles. The highest BCUT2D eigenvalue weighted by Gasteiger charge is 2.15. The summed E-state index contributed by atoms with van der Waals surface area (Å²) in [5.41, 5.74) is 3.97. The zero-order valence-corrected chi connectivity index (χ0v) is 15.1. The number of hydrogen-bond acceptors (Lipinski definition) is 4. The fourth-order valence-electron chi connectivity index (χ4n) is 3.09. The van der Waals surface area contributed by atoms with Gasteiger partial charge in [-0.1, -0.05) is 17.7 Å². The molecule has 6 heteroatoms. The van der Waals surface area contributed by atoms with Crippen LogP contribution in [0.5, 0.6) is 0 Å². The van der Waals surface area contributed by atoms with Crippen molar-refractivity contribution < 1.29 is 9.53 Å². The van der Waals surface area contributed by atoms with Crippen molar-refractivity contribution in [3.8, 4) is 11.3 Å². The van der Waals surface area contributed by atoms with Crippen LogP contribution in [-0.4, -0.2) is 27.1 Å². The van der Waals surface area contributed by atoms with Crippen LogP contribution in [0.3, 0.4) is 0 Å². The zero-order valence-electron chi connectivity index (χ0n) is 14.4. The van der Waals surface area contributed by atoms with Gasteiger partial charge in [-0.05, 0) is 37.3 Å². The summed E-state index contributed by atoms with van der Waals surface area (Å²) in [6.45, 7) is 2.14. The first-order valence-electron chi connectivity index (χ1n) is 8.25. The molecule has 130 valence electrons. The van der Waals surface area contributed by atoms with Gasteiger partial charge in [0.2, 0.25) is 0 Å². The number of benzene rings is 1. The topological polar surface area (TPSA) is 57.0 Å². The molecule has 0 bridgehead atoms. The second-order valence-electron chi connectivity index (χ2n) is 5.96. The Morgan fingerprint density at radius 1 is 1.23 bits per heavy atom. The van der Waals surface area contributed by atoms with Crippen LogP contribution in [0.25, 0.3) is 33.1 Å². The highest BCUT2D eigenvalue weighted by Crippen LogP contribution is 2.30. The smallest absolute Gasteiger partial charge is 0.354 e. The fourth-order valence-corrected chi connectivity index (χ4v) is 3.33. The van der Waals surface area contributed by atoms with E-state index in [9.17, 15) is 4.79 Å². The van der Waals surface area contributed by atoms with E-state index in [-0.39, 0.29) is 5.97 Å². The Kier molecular flexibility index (Phi) is 4.09. The van der Waals surface area contributed by atoms with Gasteiger partial charge in [0.05, 0.1) is 22.8 Å². The SMILES string of the molecule is CCOC(=O)c1cc2cc(-c3cc(Cl)c4cnccc4n3)ccc2n1C. The van der Waals surface area contributed by atoms with Gasteiger partial charge in [0.25, 0.3) is 0 Å². The van der Waals surface area contributed by atoms with Gasteiger partial charge in [0, 0.05) is 41.3 Å². The molecular weight excluding hydrogens is 350 g/mol. The van der Waals surface area contributed by atoms with Crippen LogP contribution >= 0.6 is 11.6 Å². The number of nitrogens with zero attached hydrogens (tertiary/aromatic N) is 3. The summed E-state index contributed by atoms with van der Waals surface area (Å²) in [6, 6.07) is 11.5. The average Bonchev–Trinajstić information content (AvgIpc) is 2.98. The van der Waals surface area contributed by atoms with Gasteiger partial charge in [-0.2, -0.15) is 0 Å². The van der Waals surface area contributed by atoms with E-state index in [1.165, 1.54) is 0 Å². The van der Waals surface area contributed by atoms with Gasteiger partial charge in [0.1, 0.15) is 5.69 Å². The monoisotopic (exact) mass is 365 g/mol. The lowest BCUT2D eigenvalue weighted by atomic mass is 10.1. The molecule has 0 aliphatic rings. The number of halogens is 1. The first-order valence-corrected chi connectivity index (χ1v) is 8.63. The first-order chi connectivity index (χ1) is 12.6. The number of carbonyl (C=O) groups is 1. The molecule has 0 amide bonds. The number of ether oxygens (including phenoxy) is 1. The van der Waals surface area contributed by atoms with E-state index in [2.05, 4.69) is 9.97 Å². The van der Waals surface area contributed by atoms with Crippen LogP contribution in [0.15, 0.2) is 48.8 Å². The van der Waals surface area contributed by atoms with Crippen LogP contribution in [0.1, 0.15) is 17.4 Å². The lowest BCUT2D eigenvalue weighted by Gasteiger charge is -2.06. The van der Waals surface area contributed by atoms with Crippen molar-refractivity contribution in [2.24, 2.45) is 7.05 Å². The Morgan fingerprint density at radius 2 is 2.08 bits per heavy atom. The first kappa shape index (κ1) is 16.5. The van der Waals surface area contributed by atoms with E-state index in [0.717, 1.165) is 33.1 Å². The molecule has 1 aromatic carbocycles. The van der Waals surface area contributed by atoms with Crippen molar-refractivity contribution in [3.05, 3.63) is 59.5 Å². The number of aromatic nitrogens is 3. The van der Waals surface area contributed by atoms with Gasteiger partial charge < -0.3 is 9.30 Å². The number of esters is 1. The van der Waals surface area contributed by atoms with E-state index in [1.54, 1.807) is 19.3 Å². The normalized spacial score (nSPS) is 11.2. The number of rotatable bonds is 3. The van der Waals surface area contributed by atoms with E-state index >= 15 is 0 Å². The maximum Gasteiger partial charge on any atom is 0.354 e. The van der Waals surface area contributed by atoms with Crippen molar-refractivity contribution in [1.82, 2.24) is 14.5 Å². The van der Waals surface area contributed by atoms with Gasteiger partial charge in [-0.15, -0.1) is 0 Å². The molecule has 0 radical (unpaired) electrons. The Morgan fingerprint density at radius 3 is 2.88 bits per heavy atom. The van der Waals surface area contributed by atoms with Gasteiger partial charge in [-0.3, -0.25) is 4.98 Å². The Bertz CT molecular complexity index is 1150. The molecule has 0 saturated carbocycles. The van der Waals surface area contributed by atoms with Crippen LogP contribution in [0.2, 0.25) is 5.02 Å². The van der Waals surface area contributed by atoms with Crippen LogP contribution in [0, 0.1) is 0 Å². The summed E-state index contributed by atoms with van der Waals surface area (Å²) in [4.78, 5) is 20.9. The molecule has 0 fully saturated rings. The minimum Gasteiger partial charge on any atom is -0.461 e. The van der Waals surface area contributed by atoms with Gasteiger partial charge >= 0.3 is 5.97 Å². The van der Waals surface area contributed by atoms with E-state index in [1.807, 2.05) is 48.0 Å². The van der Waals surface area contributed by atoms with Gasteiger partial charge in [-0.25, -0.2) is 9.78 Å². The third kappa shape index (κ3) is 2.70. The van der Waals surface area contributed by atoms with Crippen LogP contribution < -0.4 is 0 Å². The molecule has 0 spiro atoms. The number of carbonyl (C=O) groups excluding carboxylic acids is 1. The lowest BCUT2D eigenvalue weighted by molar-refractivity contribution is 0.0516. The van der Waals surface area contributed by atoms with Crippen molar-refractivity contribution in [2.75, 3.05) is 6.61 Å². The molecule has 3 aromatic heterocycles. The third-order valence-electron chi connectivity index (χ3n) is 4.38. The second kappa shape index (κ2) is 6.42. The lowest BCUT2D eigenvalue weighted by Crippen LogP contribution is -2.09. The summed E-state index contributed by atoms with van der Waals surface area (Å²) >= 11 is 6.39. The summed E-state index contributed by atoms with van der Waals surface area (Å²) in [7, 11) is 1.85. The third-order valence-corrected chi connectivity index (χ3v) is 4.70. The zero-order chi connectivity index (χ0) is 18.3. The predicted molar refractivity (Wildman–Crippen MR) is 102 cm³/mol. The molecule has 0 saturated heterocycles. The molecule has 4 aromatic rings. The summed E-state index contributed by atoms with van der Waals surface area (Å²) in [5.74, 6) is -0.327. The number of hydrogen-bond donors (Lipinski definition) is 0. The summed E-state index contributed by atoms with van der Waals surface area (Å²) < 4.78 is 6.96. The molecule has 0 atom stereocenters. The van der Waals surface area contributed by atoms with Crippen molar-refractivity contribution in [1.29, 1.82) is 0 Å². The Hall–Kier alpha value is -2.92. The quantitative estimate of drug-likeness (QED) is 0.497. The molecule has 3 heterocycles. The highest BCUT2D eigenvalue weighted by molar-refractivity contribution is 6.35. The minimum absolute atomic E-state index is 0.327. The minimum atomic E-state index is -0.327. The molecule has 4 rings (SSSR count). The second-order valence-corrected chi connectivity index (χ2v) is 6.37. The highest BCUT2D eigenvalue weighted by atomic mass is 35.5. The van der Waals surface area contributed by atoms with Crippen molar-refractivity contribution >= 4 is 39.4 Å². The average molecular weight is 366 g/mol. The van der Waals surface area contributed by atoms with E-state index < -0.39 is 0 Å². The largest absolute Gasteiger partial charge is 0.461 e. The number of fused-ring (bicyclic) bond motifs is 2. The summed E-state index contributed by atoms with van der Waals surface area (Å²) in [5, 5.41) is 2.38. The molecule has 0 N–H and O–H groups in total. The van der Waals surface area contributed by atoms with Crippen LogP contribution in [-0.2, 0) is 11.8 Å². The van der Waals surface area contributed by atoms with Gasteiger partial charge in [0.15, 0.2) is 0 Å². The maximum atomic E-state index is 12.1. The Labute approximate surface area is 155 Å². The summed E-state index contributed by atoms with van der Waals surface area (Å²) in [6.07, 6.45) is 3.40. The van der Waals surface area contributed by atoms with E-state index in [0.29, 0.717) is 17.3 Å². The molecule has 0 unspecified atom stereocenters. The van der Waals surface area contributed by atoms with E-state index in [4.69, 9.17) is 16.3 Å². The predicted octanol–water partition coefficient (Wildman–Crippen LogP) is 4.62.